The summed E-state index contributed by atoms with van der Waals surface area (Å²) in [6.45, 7) is 4.30. The van der Waals surface area contributed by atoms with Gasteiger partial charge in [0, 0.05) is 12.8 Å². The Kier molecular flexibility index (Phi) is 16.5. The first-order chi connectivity index (χ1) is 18.4. The summed E-state index contributed by atoms with van der Waals surface area (Å²) in [5, 5.41) is 0. The molecule has 2 aliphatic carbocycles. The molecule has 0 unspecified atom stereocenters. The van der Waals surface area contributed by atoms with Crippen LogP contribution in [0, 0.1) is 11.8 Å². The summed E-state index contributed by atoms with van der Waals surface area (Å²) in [5.41, 5.74) is 0. The molecule has 0 bridgehead atoms. The molecule has 0 radical (unpaired) electrons. The van der Waals surface area contributed by atoms with E-state index in [9.17, 15) is 18.4 Å². The molecule has 38 heavy (non-hydrogen) atoms. The zero-order valence-corrected chi connectivity index (χ0v) is 24.5. The van der Waals surface area contributed by atoms with Gasteiger partial charge >= 0.3 is 11.9 Å². The van der Waals surface area contributed by atoms with E-state index in [-0.39, 0.29) is 12.8 Å². The second kappa shape index (κ2) is 19.0. The lowest BCUT2D eigenvalue weighted by Gasteiger charge is -2.42. The van der Waals surface area contributed by atoms with Crippen LogP contribution in [0.3, 0.4) is 0 Å². The van der Waals surface area contributed by atoms with E-state index in [1.807, 2.05) is 0 Å². The number of hydrogen-bond donors (Lipinski definition) is 0. The maximum atomic E-state index is 14.8. The minimum Gasteiger partial charge on any atom is -0.420 e. The van der Waals surface area contributed by atoms with Crippen molar-refractivity contribution in [2.24, 2.45) is 11.8 Å². The van der Waals surface area contributed by atoms with Gasteiger partial charge in [-0.3, -0.25) is 0 Å². The van der Waals surface area contributed by atoms with Gasteiger partial charge in [-0.2, -0.15) is 0 Å². The normalized spacial score (nSPS) is 20.1. The number of rotatable bonds is 19. The quantitative estimate of drug-likeness (QED) is 0.0926. The van der Waals surface area contributed by atoms with E-state index in [0.29, 0.717) is 37.5 Å². The third-order valence-electron chi connectivity index (χ3n) is 8.82. The van der Waals surface area contributed by atoms with E-state index in [1.54, 1.807) is 0 Å². The van der Waals surface area contributed by atoms with Crippen molar-refractivity contribution in [1.29, 1.82) is 0 Å². The van der Waals surface area contributed by atoms with Crippen LogP contribution >= 0.6 is 0 Å². The molecule has 0 N–H and O–H groups in total. The topological polar surface area (TPSA) is 52.6 Å². The zero-order valence-electron chi connectivity index (χ0n) is 24.5. The lowest BCUT2D eigenvalue weighted by Crippen LogP contribution is -2.47. The standard InChI is InChI=1S/C32H56F2O4/c1-3-5-7-9-11-16-20-28(33)30(35)37-32(24-22-27(23-25-32)26-18-14-13-15-19-26)38-31(36)29(34)21-17-12-10-8-6-4-2/h26-29H,3-25H2,1-2H3/t28-,29-/m0/s1. The van der Waals surface area contributed by atoms with E-state index in [2.05, 4.69) is 13.8 Å². The maximum absolute atomic E-state index is 14.8. The van der Waals surface area contributed by atoms with Crippen molar-refractivity contribution in [2.45, 2.75) is 180 Å². The lowest BCUT2D eigenvalue weighted by molar-refractivity contribution is -0.248. The summed E-state index contributed by atoms with van der Waals surface area (Å²) in [6, 6.07) is 0. The van der Waals surface area contributed by atoms with Gasteiger partial charge < -0.3 is 9.47 Å². The van der Waals surface area contributed by atoms with Crippen molar-refractivity contribution in [3.8, 4) is 0 Å². The molecule has 0 aromatic heterocycles. The fourth-order valence-corrected chi connectivity index (χ4v) is 6.32. The van der Waals surface area contributed by atoms with Crippen LogP contribution in [0.15, 0.2) is 0 Å². The van der Waals surface area contributed by atoms with Crippen LogP contribution in [0.2, 0.25) is 0 Å². The van der Waals surface area contributed by atoms with Gasteiger partial charge in [0.25, 0.3) is 5.79 Å². The highest BCUT2D eigenvalue weighted by atomic mass is 19.1. The molecule has 2 fully saturated rings. The molecular weight excluding hydrogens is 486 g/mol. The molecule has 0 aromatic carbocycles. The van der Waals surface area contributed by atoms with Crippen molar-refractivity contribution in [3.05, 3.63) is 0 Å². The molecule has 0 spiro atoms. The number of esters is 2. The average molecular weight is 543 g/mol. The van der Waals surface area contributed by atoms with Gasteiger partial charge in [0.05, 0.1) is 0 Å². The van der Waals surface area contributed by atoms with Gasteiger partial charge in [0.15, 0.2) is 12.3 Å². The molecule has 222 valence electrons. The molecule has 6 heteroatoms. The van der Waals surface area contributed by atoms with E-state index in [4.69, 9.17) is 9.47 Å². The molecule has 0 aromatic rings. The van der Waals surface area contributed by atoms with Gasteiger partial charge in [0.2, 0.25) is 0 Å². The number of ether oxygens (including phenoxy) is 2. The Balaban J connectivity index is 1.90. The Labute approximate surface area is 231 Å². The van der Waals surface area contributed by atoms with Crippen molar-refractivity contribution in [1.82, 2.24) is 0 Å². The summed E-state index contributed by atoms with van der Waals surface area (Å²) in [6.07, 6.45) is 17.2. The van der Waals surface area contributed by atoms with Crippen LogP contribution in [-0.2, 0) is 19.1 Å². The molecule has 0 aliphatic heterocycles. The molecule has 2 rings (SSSR count). The second-order valence-electron chi connectivity index (χ2n) is 12.0. The Morgan fingerprint density at radius 2 is 1.03 bits per heavy atom. The van der Waals surface area contributed by atoms with Gasteiger partial charge in [-0.25, -0.2) is 18.4 Å². The van der Waals surface area contributed by atoms with Gasteiger partial charge in [-0.1, -0.05) is 110 Å². The molecular formula is C32H56F2O4. The van der Waals surface area contributed by atoms with E-state index in [0.717, 1.165) is 64.2 Å². The maximum Gasteiger partial charge on any atom is 0.343 e. The number of alkyl halides is 2. The predicted molar refractivity (Wildman–Crippen MR) is 149 cm³/mol. The van der Waals surface area contributed by atoms with Crippen molar-refractivity contribution in [3.63, 3.8) is 0 Å². The highest BCUT2D eigenvalue weighted by molar-refractivity contribution is 5.77. The average Bonchev–Trinajstić information content (AvgIpc) is 2.93. The molecule has 2 saturated carbocycles. The van der Waals surface area contributed by atoms with Crippen LogP contribution in [-0.4, -0.2) is 30.1 Å². The van der Waals surface area contributed by atoms with E-state index < -0.39 is 30.1 Å². The summed E-state index contributed by atoms with van der Waals surface area (Å²) in [4.78, 5) is 25.5. The highest BCUT2D eigenvalue weighted by Crippen LogP contribution is 2.43. The Morgan fingerprint density at radius 1 is 0.632 bits per heavy atom. The van der Waals surface area contributed by atoms with Crippen LogP contribution < -0.4 is 0 Å². The minimum absolute atomic E-state index is 0.115. The number of hydrogen-bond acceptors (Lipinski definition) is 4. The molecule has 2 atom stereocenters. The number of carbonyl (C=O) groups is 2. The monoisotopic (exact) mass is 542 g/mol. The van der Waals surface area contributed by atoms with Crippen LogP contribution in [0.5, 0.6) is 0 Å². The summed E-state index contributed by atoms with van der Waals surface area (Å²) < 4.78 is 40.8. The Bertz CT molecular complexity index is 603. The molecule has 0 saturated heterocycles. The smallest absolute Gasteiger partial charge is 0.343 e. The Hall–Kier alpha value is -1.20. The number of halogens is 2. The SMILES string of the molecule is CCCCCCCC[C@H](F)C(=O)OC1(OC(=O)[C@@H](F)CCCCCCCC)CCC(C2CCCCC2)CC1. The fourth-order valence-electron chi connectivity index (χ4n) is 6.32. The van der Waals surface area contributed by atoms with Crippen molar-refractivity contribution < 1.29 is 27.8 Å². The molecule has 0 heterocycles. The van der Waals surface area contributed by atoms with Gasteiger partial charge in [-0.15, -0.1) is 0 Å². The highest BCUT2D eigenvalue weighted by Gasteiger charge is 2.46. The summed E-state index contributed by atoms with van der Waals surface area (Å²) in [7, 11) is 0. The number of unbranched alkanes of at least 4 members (excludes halogenated alkanes) is 10. The summed E-state index contributed by atoms with van der Waals surface area (Å²) in [5.74, 6) is -2.32. The van der Waals surface area contributed by atoms with Gasteiger partial charge in [-0.05, 0) is 50.4 Å². The first-order valence-corrected chi connectivity index (χ1v) is 16.1. The third-order valence-corrected chi connectivity index (χ3v) is 8.82. The van der Waals surface area contributed by atoms with E-state index in [1.165, 1.54) is 44.9 Å². The fraction of sp³-hybridized carbons (Fsp3) is 0.938. The van der Waals surface area contributed by atoms with Crippen LogP contribution in [0.25, 0.3) is 0 Å². The van der Waals surface area contributed by atoms with E-state index >= 15 is 0 Å². The predicted octanol–water partition coefficient (Wildman–Crippen LogP) is 9.72. The van der Waals surface area contributed by atoms with Gasteiger partial charge in [0.1, 0.15) is 0 Å². The largest absolute Gasteiger partial charge is 0.420 e. The van der Waals surface area contributed by atoms with Crippen molar-refractivity contribution >= 4 is 11.9 Å². The Morgan fingerprint density at radius 3 is 1.47 bits per heavy atom. The zero-order chi connectivity index (χ0) is 27.6. The number of carbonyl (C=O) groups excluding carboxylic acids is 2. The van der Waals surface area contributed by atoms with Crippen molar-refractivity contribution in [2.75, 3.05) is 0 Å². The van der Waals surface area contributed by atoms with Crippen LogP contribution in [0.4, 0.5) is 8.78 Å². The van der Waals surface area contributed by atoms with Crippen LogP contribution in [0.1, 0.15) is 162 Å². The minimum atomic E-state index is -1.74. The first kappa shape index (κ1) is 33.0. The third kappa shape index (κ3) is 12.3. The molecule has 0 amide bonds. The second-order valence-corrected chi connectivity index (χ2v) is 12.0. The molecule has 4 nitrogen and oxygen atoms in total. The summed E-state index contributed by atoms with van der Waals surface area (Å²) >= 11 is 0. The lowest BCUT2D eigenvalue weighted by atomic mass is 9.72. The first-order valence-electron chi connectivity index (χ1n) is 16.1. The molecule has 2 aliphatic rings.